The number of rotatable bonds is 7. The van der Waals surface area contributed by atoms with Gasteiger partial charge in [-0.05, 0) is 54.1 Å². The summed E-state index contributed by atoms with van der Waals surface area (Å²) < 4.78 is 22.3. The van der Waals surface area contributed by atoms with Gasteiger partial charge in [0.15, 0.2) is 17.7 Å². The summed E-state index contributed by atoms with van der Waals surface area (Å²) in [5.74, 6) is 1.51. The number of carbonyl (C=O) groups is 2. The summed E-state index contributed by atoms with van der Waals surface area (Å²) in [5, 5.41) is 4.69. The van der Waals surface area contributed by atoms with E-state index in [2.05, 4.69) is 10.7 Å². The van der Waals surface area contributed by atoms with E-state index in [1.54, 1.807) is 37.4 Å². The Labute approximate surface area is 224 Å². The first kappa shape index (κ1) is 24.2. The van der Waals surface area contributed by atoms with Crippen LogP contribution in [0.15, 0.2) is 91.0 Å². The Morgan fingerprint density at radius 1 is 0.974 bits per heavy atom. The number of nitrogens with zero attached hydrogens (tertiary/aromatic N) is 1. The van der Waals surface area contributed by atoms with E-state index in [1.807, 2.05) is 60.7 Å². The molecule has 0 spiro atoms. The quantitative estimate of drug-likeness (QED) is 0.355. The van der Waals surface area contributed by atoms with E-state index in [0.717, 1.165) is 11.3 Å². The number of methoxy groups -OCH3 is 1. The van der Waals surface area contributed by atoms with Crippen molar-refractivity contribution in [1.82, 2.24) is 10.4 Å². The standard InChI is InChI=1S/C30H25N3O6/c1-36-21-8-6-7-19(15-21)17-37-25-12-5-3-10-23(25)28-31-24-11-4-2-9-22(24)30(35)33(28)32-29(34)20-13-14-26-27(16-20)39-18-38-26/h2-16,28,31H,17-18H2,1H3,(H,32,34)/t28-/m1/s1. The van der Waals surface area contributed by atoms with Gasteiger partial charge in [-0.1, -0.05) is 42.5 Å². The van der Waals surface area contributed by atoms with Crippen LogP contribution in [0.4, 0.5) is 5.69 Å². The molecule has 196 valence electrons. The molecular formula is C30H25N3O6. The fourth-order valence-electron chi connectivity index (χ4n) is 4.56. The summed E-state index contributed by atoms with van der Waals surface area (Å²) in [4.78, 5) is 27.0. The molecule has 0 saturated heterocycles. The second-order valence-corrected chi connectivity index (χ2v) is 8.95. The van der Waals surface area contributed by atoms with Gasteiger partial charge < -0.3 is 24.3 Å². The predicted octanol–water partition coefficient (Wildman–Crippen LogP) is 4.91. The average Bonchev–Trinajstić information content (AvgIpc) is 3.46. The molecular weight excluding hydrogens is 498 g/mol. The van der Waals surface area contributed by atoms with Crippen LogP contribution in [0, 0.1) is 0 Å². The lowest BCUT2D eigenvalue weighted by molar-refractivity contribution is 0.0487. The first-order valence-electron chi connectivity index (χ1n) is 12.3. The summed E-state index contributed by atoms with van der Waals surface area (Å²) in [6, 6.07) is 27.1. The zero-order valence-electron chi connectivity index (χ0n) is 21.0. The van der Waals surface area contributed by atoms with E-state index in [4.69, 9.17) is 18.9 Å². The Kier molecular flexibility index (Phi) is 6.38. The second kappa shape index (κ2) is 10.3. The lowest BCUT2D eigenvalue weighted by atomic mass is 10.0. The molecule has 9 heteroatoms. The van der Waals surface area contributed by atoms with E-state index in [-0.39, 0.29) is 19.3 Å². The third-order valence-corrected chi connectivity index (χ3v) is 6.53. The van der Waals surface area contributed by atoms with Crippen molar-refractivity contribution in [2.24, 2.45) is 0 Å². The summed E-state index contributed by atoms with van der Waals surface area (Å²) in [6.07, 6.45) is -0.744. The van der Waals surface area contributed by atoms with Gasteiger partial charge >= 0.3 is 0 Å². The molecule has 0 saturated carbocycles. The molecule has 2 heterocycles. The van der Waals surface area contributed by atoms with Crippen molar-refractivity contribution in [2.75, 3.05) is 19.2 Å². The van der Waals surface area contributed by atoms with E-state index >= 15 is 0 Å². The maximum absolute atomic E-state index is 13.7. The van der Waals surface area contributed by atoms with Crippen molar-refractivity contribution in [1.29, 1.82) is 0 Å². The van der Waals surface area contributed by atoms with Gasteiger partial charge in [0.2, 0.25) is 6.79 Å². The van der Waals surface area contributed by atoms with Crippen molar-refractivity contribution in [2.45, 2.75) is 12.8 Å². The molecule has 0 bridgehead atoms. The van der Waals surface area contributed by atoms with Crippen LogP contribution in [-0.4, -0.2) is 30.7 Å². The molecule has 4 aromatic rings. The molecule has 2 aliphatic heterocycles. The van der Waals surface area contributed by atoms with Crippen molar-refractivity contribution in [3.63, 3.8) is 0 Å². The van der Waals surface area contributed by atoms with Crippen molar-refractivity contribution >= 4 is 17.5 Å². The lowest BCUT2D eigenvalue weighted by Crippen LogP contribution is -2.52. The number of hydrazine groups is 1. The molecule has 0 fully saturated rings. The molecule has 6 rings (SSSR count). The van der Waals surface area contributed by atoms with Gasteiger partial charge in [0.05, 0.1) is 12.7 Å². The van der Waals surface area contributed by atoms with Gasteiger partial charge in [0.25, 0.3) is 11.8 Å². The Bertz CT molecular complexity index is 1560. The largest absolute Gasteiger partial charge is 0.497 e. The number of benzene rings is 4. The minimum Gasteiger partial charge on any atom is -0.497 e. The molecule has 39 heavy (non-hydrogen) atoms. The number of carbonyl (C=O) groups excluding carboxylic acids is 2. The summed E-state index contributed by atoms with van der Waals surface area (Å²) in [6.45, 7) is 0.384. The molecule has 4 aromatic carbocycles. The number of amides is 2. The third kappa shape index (κ3) is 4.77. The minimum absolute atomic E-state index is 0.0976. The number of hydrogen-bond donors (Lipinski definition) is 2. The highest BCUT2D eigenvalue weighted by Crippen LogP contribution is 2.37. The lowest BCUT2D eigenvalue weighted by Gasteiger charge is -2.38. The summed E-state index contributed by atoms with van der Waals surface area (Å²) in [7, 11) is 1.62. The second-order valence-electron chi connectivity index (χ2n) is 8.95. The molecule has 2 amide bonds. The Morgan fingerprint density at radius 2 is 1.79 bits per heavy atom. The van der Waals surface area contributed by atoms with Gasteiger partial charge in [0, 0.05) is 16.8 Å². The molecule has 0 aliphatic carbocycles. The normalized spacial score (nSPS) is 15.3. The molecule has 0 unspecified atom stereocenters. The average molecular weight is 524 g/mol. The van der Waals surface area contributed by atoms with Crippen LogP contribution < -0.4 is 29.7 Å². The SMILES string of the molecule is COc1cccc(COc2ccccc2[C@@H]2Nc3ccccc3C(=O)N2NC(=O)c2ccc3c(c2)OCO3)c1. The van der Waals surface area contributed by atoms with Crippen molar-refractivity contribution in [3.05, 3.63) is 113 Å². The Hall–Kier alpha value is -5.18. The number of para-hydroxylation sites is 2. The first-order chi connectivity index (χ1) is 19.1. The number of fused-ring (bicyclic) bond motifs is 2. The van der Waals surface area contributed by atoms with Crippen molar-refractivity contribution in [3.8, 4) is 23.0 Å². The summed E-state index contributed by atoms with van der Waals surface area (Å²) in [5.41, 5.74) is 5.82. The van der Waals surface area contributed by atoms with Crippen LogP contribution in [0.1, 0.15) is 38.0 Å². The van der Waals surface area contributed by atoms with Gasteiger partial charge in [0.1, 0.15) is 18.1 Å². The van der Waals surface area contributed by atoms with Crippen LogP contribution in [-0.2, 0) is 6.61 Å². The zero-order valence-corrected chi connectivity index (χ0v) is 21.0. The van der Waals surface area contributed by atoms with Crippen LogP contribution in [0.3, 0.4) is 0 Å². The van der Waals surface area contributed by atoms with Crippen LogP contribution in [0.25, 0.3) is 0 Å². The Morgan fingerprint density at radius 3 is 2.69 bits per heavy atom. The fraction of sp³-hybridized carbons (Fsp3) is 0.133. The van der Waals surface area contributed by atoms with Gasteiger partial charge in [-0.2, -0.15) is 0 Å². The molecule has 0 radical (unpaired) electrons. The highest BCUT2D eigenvalue weighted by Gasteiger charge is 2.36. The number of hydrogen-bond acceptors (Lipinski definition) is 7. The molecule has 2 N–H and O–H groups in total. The van der Waals surface area contributed by atoms with Gasteiger partial charge in [-0.15, -0.1) is 0 Å². The molecule has 0 aromatic heterocycles. The van der Waals surface area contributed by atoms with Crippen molar-refractivity contribution < 1.29 is 28.5 Å². The first-order valence-corrected chi connectivity index (χ1v) is 12.3. The van der Waals surface area contributed by atoms with E-state index in [1.165, 1.54) is 5.01 Å². The maximum atomic E-state index is 13.7. The minimum atomic E-state index is -0.744. The van der Waals surface area contributed by atoms with Crippen LogP contribution >= 0.6 is 0 Å². The number of ether oxygens (including phenoxy) is 4. The fourth-order valence-corrected chi connectivity index (χ4v) is 4.56. The van der Waals surface area contributed by atoms with Gasteiger partial charge in [-0.25, -0.2) is 5.01 Å². The van der Waals surface area contributed by atoms with Crippen LogP contribution in [0.2, 0.25) is 0 Å². The van der Waals surface area contributed by atoms with E-state index in [9.17, 15) is 9.59 Å². The maximum Gasteiger partial charge on any atom is 0.276 e. The monoisotopic (exact) mass is 523 g/mol. The highest BCUT2D eigenvalue weighted by atomic mass is 16.7. The summed E-state index contributed by atoms with van der Waals surface area (Å²) >= 11 is 0. The topological polar surface area (TPSA) is 98.4 Å². The highest BCUT2D eigenvalue weighted by molar-refractivity contribution is 6.04. The zero-order chi connectivity index (χ0) is 26.8. The Balaban J connectivity index is 1.31. The number of anilines is 1. The van der Waals surface area contributed by atoms with E-state index < -0.39 is 12.1 Å². The smallest absolute Gasteiger partial charge is 0.276 e. The molecule has 9 nitrogen and oxygen atoms in total. The van der Waals surface area contributed by atoms with Gasteiger partial charge in [-0.3, -0.25) is 15.0 Å². The number of nitrogens with one attached hydrogen (secondary N) is 2. The molecule has 1 atom stereocenters. The third-order valence-electron chi connectivity index (χ3n) is 6.53. The van der Waals surface area contributed by atoms with E-state index in [0.29, 0.717) is 39.6 Å². The van der Waals surface area contributed by atoms with Crippen LogP contribution in [0.5, 0.6) is 23.0 Å². The molecule has 2 aliphatic rings. The predicted molar refractivity (Wildman–Crippen MR) is 143 cm³/mol.